The molecule has 0 radical (unpaired) electrons. The second kappa shape index (κ2) is 9.55. The van der Waals surface area contributed by atoms with E-state index in [1.165, 1.54) is 20.8 Å². The average molecular weight is 348 g/mol. The molecule has 0 aliphatic carbocycles. The van der Waals surface area contributed by atoms with Crippen LogP contribution in [-0.2, 0) is 33.3 Å². The molecule has 1 rings (SSSR count). The van der Waals surface area contributed by atoms with Crippen LogP contribution in [0.1, 0.15) is 33.6 Å². The monoisotopic (exact) mass is 348 g/mol. The van der Waals surface area contributed by atoms with Crippen molar-refractivity contribution in [3.63, 3.8) is 0 Å². The van der Waals surface area contributed by atoms with Gasteiger partial charge in [-0.2, -0.15) is 0 Å². The van der Waals surface area contributed by atoms with E-state index in [1.54, 1.807) is 0 Å². The van der Waals surface area contributed by atoms with Crippen LogP contribution in [0.15, 0.2) is 0 Å². The fourth-order valence-electron chi connectivity index (χ4n) is 2.55. The van der Waals surface area contributed by atoms with Gasteiger partial charge in [0.25, 0.3) is 0 Å². The first-order valence-corrected chi connectivity index (χ1v) is 7.65. The van der Waals surface area contributed by atoms with Gasteiger partial charge in [-0.15, -0.1) is 0 Å². The fourth-order valence-corrected chi connectivity index (χ4v) is 2.55. The lowest BCUT2D eigenvalue weighted by Gasteiger charge is -2.40. The molecule has 5 atom stereocenters. The van der Waals surface area contributed by atoms with Gasteiger partial charge in [0, 0.05) is 33.6 Å². The first-order valence-electron chi connectivity index (χ1n) is 7.65. The van der Waals surface area contributed by atoms with E-state index in [4.69, 9.17) is 24.1 Å². The smallest absolute Gasteiger partial charge is 0.303 e. The van der Waals surface area contributed by atoms with Crippen molar-refractivity contribution in [3.05, 3.63) is 0 Å². The van der Waals surface area contributed by atoms with Crippen LogP contribution in [0.25, 0.3) is 0 Å². The molecule has 2 N–H and O–H groups in total. The number of carbonyl (C=O) groups is 3. The van der Waals surface area contributed by atoms with Crippen LogP contribution in [0, 0.1) is 0 Å². The quantitative estimate of drug-likeness (QED) is 0.454. The summed E-state index contributed by atoms with van der Waals surface area (Å²) in [6.45, 7) is 3.01. The van der Waals surface area contributed by atoms with Crippen LogP contribution in [0.4, 0.5) is 0 Å². The zero-order valence-corrected chi connectivity index (χ0v) is 14.0. The third-order valence-corrected chi connectivity index (χ3v) is 3.41. The topological polar surface area (TPSA) is 129 Å². The molecule has 9 heteroatoms. The van der Waals surface area contributed by atoms with Gasteiger partial charge in [-0.3, -0.25) is 14.4 Å². The average Bonchev–Trinajstić information content (AvgIpc) is 2.46. The zero-order valence-electron chi connectivity index (χ0n) is 14.0. The van der Waals surface area contributed by atoms with E-state index in [0.29, 0.717) is 0 Å². The number of rotatable bonds is 7. The Morgan fingerprint density at radius 2 is 1.75 bits per heavy atom. The molecule has 0 unspecified atom stereocenters. The Bertz CT molecular complexity index is 450. The van der Waals surface area contributed by atoms with Gasteiger partial charge in [0.15, 0.2) is 6.10 Å². The summed E-state index contributed by atoms with van der Waals surface area (Å²) in [4.78, 5) is 33.7. The minimum absolute atomic E-state index is 0.0949. The number of aliphatic hydroxyl groups excluding tert-OH is 2. The van der Waals surface area contributed by atoms with Crippen LogP contribution in [0.5, 0.6) is 0 Å². The van der Waals surface area contributed by atoms with Crippen molar-refractivity contribution in [2.45, 2.75) is 64.1 Å². The Labute approximate surface area is 139 Å². The van der Waals surface area contributed by atoms with Gasteiger partial charge >= 0.3 is 17.9 Å². The first-order chi connectivity index (χ1) is 11.2. The van der Waals surface area contributed by atoms with Crippen LogP contribution < -0.4 is 0 Å². The second-order valence-electron chi connectivity index (χ2n) is 5.63. The highest BCUT2D eigenvalue weighted by molar-refractivity contribution is 5.67. The third-order valence-electron chi connectivity index (χ3n) is 3.41. The molecular weight excluding hydrogens is 324 g/mol. The highest BCUT2D eigenvalue weighted by atomic mass is 16.6. The minimum Gasteiger partial charge on any atom is -0.463 e. The van der Waals surface area contributed by atoms with Crippen molar-refractivity contribution in [1.82, 2.24) is 0 Å². The number of carbonyl (C=O) groups excluding carboxylic acids is 3. The molecule has 0 aromatic carbocycles. The van der Waals surface area contributed by atoms with Crippen molar-refractivity contribution < 1.29 is 43.5 Å². The Hall–Kier alpha value is -1.71. The number of aliphatic hydroxyl groups is 2. The van der Waals surface area contributed by atoms with Crippen molar-refractivity contribution in [3.8, 4) is 0 Å². The maximum Gasteiger partial charge on any atom is 0.303 e. The predicted molar refractivity (Wildman–Crippen MR) is 78.7 cm³/mol. The minimum atomic E-state index is -1.01. The molecule has 1 aliphatic rings. The SMILES string of the molecule is CC(=O)OC[C@H]1O[C@H](C[C@H](O)CO)C[C@@H](OC(C)=O)[C@@H]1OC(C)=O. The van der Waals surface area contributed by atoms with Crippen molar-refractivity contribution >= 4 is 17.9 Å². The van der Waals surface area contributed by atoms with Gasteiger partial charge in [-0.05, 0) is 0 Å². The maximum atomic E-state index is 11.3. The fraction of sp³-hybridized carbons (Fsp3) is 0.800. The Morgan fingerprint density at radius 1 is 1.12 bits per heavy atom. The van der Waals surface area contributed by atoms with E-state index >= 15 is 0 Å². The number of ether oxygens (including phenoxy) is 4. The summed E-state index contributed by atoms with van der Waals surface area (Å²) in [5.74, 6) is -1.70. The van der Waals surface area contributed by atoms with E-state index in [-0.39, 0.29) is 19.4 Å². The van der Waals surface area contributed by atoms with Crippen LogP contribution >= 0.6 is 0 Å². The normalized spacial score (nSPS) is 27.9. The molecule has 1 fully saturated rings. The van der Waals surface area contributed by atoms with Gasteiger partial charge < -0.3 is 29.2 Å². The largest absolute Gasteiger partial charge is 0.463 e. The lowest BCUT2D eigenvalue weighted by molar-refractivity contribution is -0.218. The van der Waals surface area contributed by atoms with E-state index in [1.807, 2.05) is 0 Å². The second-order valence-corrected chi connectivity index (χ2v) is 5.63. The molecular formula is C15H24O9. The van der Waals surface area contributed by atoms with Gasteiger partial charge in [0.05, 0.1) is 18.8 Å². The first kappa shape index (κ1) is 20.3. The van der Waals surface area contributed by atoms with Crippen LogP contribution in [0.2, 0.25) is 0 Å². The highest BCUT2D eigenvalue weighted by Crippen LogP contribution is 2.28. The maximum absolute atomic E-state index is 11.3. The zero-order chi connectivity index (χ0) is 18.3. The van der Waals surface area contributed by atoms with E-state index in [0.717, 1.165) is 0 Å². The molecule has 138 valence electrons. The summed E-state index contributed by atoms with van der Waals surface area (Å²) in [7, 11) is 0. The molecule has 0 spiro atoms. The summed E-state index contributed by atoms with van der Waals surface area (Å²) >= 11 is 0. The van der Waals surface area contributed by atoms with Crippen LogP contribution in [-0.4, -0.2) is 71.9 Å². The molecule has 0 bridgehead atoms. The number of hydrogen-bond acceptors (Lipinski definition) is 9. The summed E-state index contributed by atoms with van der Waals surface area (Å²) in [5, 5.41) is 18.5. The standard InChI is InChI=1S/C15H24O9/c1-8(17)21-7-14-15(23-10(3)19)13(22-9(2)18)5-12(24-14)4-11(20)6-16/h11-16,20H,4-7H2,1-3H3/t11-,12+,13+,14+,15-/m0/s1. The van der Waals surface area contributed by atoms with E-state index in [2.05, 4.69) is 0 Å². The Morgan fingerprint density at radius 3 is 2.25 bits per heavy atom. The van der Waals surface area contributed by atoms with E-state index < -0.39 is 55.0 Å². The summed E-state index contributed by atoms with van der Waals surface area (Å²) in [5.41, 5.74) is 0. The number of hydrogen-bond donors (Lipinski definition) is 2. The summed E-state index contributed by atoms with van der Waals surface area (Å²) in [6, 6.07) is 0. The Balaban J connectivity index is 2.93. The molecule has 9 nitrogen and oxygen atoms in total. The van der Waals surface area contributed by atoms with Gasteiger partial charge in [0.1, 0.15) is 18.8 Å². The highest BCUT2D eigenvalue weighted by Gasteiger charge is 2.43. The Kier molecular flexibility index (Phi) is 8.09. The van der Waals surface area contributed by atoms with Gasteiger partial charge in [-0.1, -0.05) is 0 Å². The molecule has 0 aromatic heterocycles. The molecule has 0 saturated carbocycles. The number of esters is 3. The van der Waals surface area contributed by atoms with Crippen molar-refractivity contribution in [1.29, 1.82) is 0 Å². The molecule has 0 amide bonds. The summed E-state index contributed by atoms with van der Waals surface area (Å²) < 4.78 is 21.0. The third kappa shape index (κ3) is 6.81. The lowest BCUT2D eigenvalue weighted by Crippen LogP contribution is -2.54. The van der Waals surface area contributed by atoms with Gasteiger partial charge in [-0.25, -0.2) is 0 Å². The molecule has 0 aromatic rings. The van der Waals surface area contributed by atoms with Gasteiger partial charge in [0.2, 0.25) is 0 Å². The molecule has 24 heavy (non-hydrogen) atoms. The van der Waals surface area contributed by atoms with Crippen molar-refractivity contribution in [2.24, 2.45) is 0 Å². The van der Waals surface area contributed by atoms with E-state index in [9.17, 15) is 19.5 Å². The van der Waals surface area contributed by atoms with Crippen LogP contribution in [0.3, 0.4) is 0 Å². The van der Waals surface area contributed by atoms with Crippen molar-refractivity contribution in [2.75, 3.05) is 13.2 Å². The molecule has 1 saturated heterocycles. The predicted octanol–water partition coefficient (Wildman–Crippen LogP) is -0.686. The molecule has 1 heterocycles. The summed E-state index contributed by atoms with van der Waals surface area (Å²) in [6.07, 6.45) is -3.91. The molecule has 1 aliphatic heterocycles. The lowest BCUT2D eigenvalue weighted by atomic mass is 9.94.